The Morgan fingerprint density at radius 1 is 1.15 bits per heavy atom. The molecule has 0 aliphatic carbocycles. The van der Waals surface area contributed by atoms with Crippen molar-refractivity contribution < 1.29 is 24.4 Å². The van der Waals surface area contributed by atoms with Gasteiger partial charge in [0.15, 0.2) is 11.5 Å². The Labute approximate surface area is 159 Å². The smallest absolute Gasteiger partial charge is 0.201 e. The van der Waals surface area contributed by atoms with Crippen LogP contribution in [-0.2, 0) is 11.8 Å². The number of hydrogen-bond donors (Lipinski definition) is 2. The molecule has 5 nitrogen and oxygen atoms in total. The van der Waals surface area contributed by atoms with Gasteiger partial charge in [-0.1, -0.05) is 26.0 Å². The fourth-order valence-electron chi connectivity index (χ4n) is 3.53. The highest BCUT2D eigenvalue weighted by atomic mass is 16.5. The van der Waals surface area contributed by atoms with Gasteiger partial charge in [0.1, 0.15) is 11.5 Å². The normalized spacial score (nSPS) is 16.2. The molecule has 0 spiro atoms. The van der Waals surface area contributed by atoms with Crippen molar-refractivity contribution in [2.45, 2.75) is 31.6 Å². The summed E-state index contributed by atoms with van der Waals surface area (Å²) in [6.45, 7) is 8.38. The number of benzene rings is 2. The van der Waals surface area contributed by atoms with E-state index in [2.05, 4.69) is 6.58 Å². The first-order valence-corrected chi connectivity index (χ1v) is 8.89. The minimum Gasteiger partial charge on any atom is -0.508 e. The molecule has 0 fully saturated rings. The second-order valence-electron chi connectivity index (χ2n) is 7.36. The molecule has 0 bridgehead atoms. The Kier molecular flexibility index (Phi) is 4.96. The zero-order chi connectivity index (χ0) is 19.8. The van der Waals surface area contributed by atoms with Crippen LogP contribution in [0.3, 0.4) is 0 Å². The summed E-state index contributed by atoms with van der Waals surface area (Å²) < 4.78 is 16.9. The maximum atomic E-state index is 10.8. The lowest BCUT2D eigenvalue weighted by molar-refractivity contribution is 0.255. The van der Waals surface area contributed by atoms with Crippen LogP contribution in [0.4, 0.5) is 0 Å². The van der Waals surface area contributed by atoms with Gasteiger partial charge in [-0.15, -0.1) is 6.58 Å². The van der Waals surface area contributed by atoms with Gasteiger partial charge < -0.3 is 24.4 Å². The molecule has 0 saturated heterocycles. The second kappa shape index (κ2) is 7.06. The lowest BCUT2D eigenvalue weighted by atomic mass is 9.80. The molecule has 0 aromatic heterocycles. The molecule has 2 aromatic rings. The van der Waals surface area contributed by atoms with E-state index in [1.807, 2.05) is 32.1 Å². The Morgan fingerprint density at radius 2 is 1.85 bits per heavy atom. The van der Waals surface area contributed by atoms with Gasteiger partial charge in [-0.25, -0.2) is 0 Å². The van der Waals surface area contributed by atoms with E-state index in [1.54, 1.807) is 12.1 Å². The highest BCUT2D eigenvalue weighted by Gasteiger charge is 2.32. The van der Waals surface area contributed by atoms with Crippen LogP contribution in [-0.4, -0.2) is 31.0 Å². The van der Waals surface area contributed by atoms with Gasteiger partial charge in [-0.05, 0) is 24.1 Å². The predicted octanol–water partition coefficient (Wildman–Crippen LogP) is 4.30. The SMILES string of the molecule is C=CC(C)(C)c1cc(C2COc3cc(O)ccc3C2)c(OC)c(O)c1OC. The molecule has 144 valence electrons. The molecule has 1 aliphatic rings. The Balaban J connectivity index is 2.12. The quantitative estimate of drug-likeness (QED) is 0.768. The highest BCUT2D eigenvalue weighted by Crippen LogP contribution is 2.49. The molecule has 1 atom stereocenters. The predicted molar refractivity (Wildman–Crippen MR) is 104 cm³/mol. The van der Waals surface area contributed by atoms with Gasteiger partial charge in [-0.2, -0.15) is 0 Å². The van der Waals surface area contributed by atoms with Crippen molar-refractivity contribution >= 4 is 0 Å². The number of allylic oxidation sites excluding steroid dienone is 1. The van der Waals surface area contributed by atoms with E-state index in [-0.39, 0.29) is 17.4 Å². The fourth-order valence-corrected chi connectivity index (χ4v) is 3.53. The lowest BCUT2D eigenvalue weighted by Gasteiger charge is -2.30. The second-order valence-corrected chi connectivity index (χ2v) is 7.36. The van der Waals surface area contributed by atoms with Crippen LogP contribution in [0.25, 0.3) is 0 Å². The molecule has 3 rings (SSSR count). The van der Waals surface area contributed by atoms with Crippen LogP contribution in [0.15, 0.2) is 36.9 Å². The molecular weight excluding hydrogens is 344 g/mol. The van der Waals surface area contributed by atoms with Gasteiger partial charge in [0.2, 0.25) is 5.75 Å². The van der Waals surface area contributed by atoms with E-state index < -0.39 is 5.41 Å². The molecule has 27 heavy (non-hydrogen) atoms. The molecule has 0 radical (unpaired) electrons. The fraction of sp³-hybridized carbons (Fsp3) is 0.364. The van der Waals surface area contributed by atoms with Crippen LogP contribution in [0.5, 0.6) is 28.7 Å². The molecule has 2 aromatic carbocycles. The standard InChI is InChI=1S/C22H26O5/c1-6-22(2,3)17-11-16(20(25-4)19(24)21(17)26-5)14-9-13-7-8-15(23)10-18(13)27-12-14/h6-8,10-11,14,23-24H,1,9,12H2,2-5H3. The zero-order valence-corrected chi connectivity index (χ0v) is 16.2. The van der Waals surface area contributed by atoms with Gasteiger partial charge in [0.25, 0.3) is 0 Å². The Bertz CT molecular complexity index is 869. The number of rotatable bonds is 5. The van der Waals surface area contributed by atoms with E-state index >= 15 is 0 Å². The summed E-state index contributed by atoms with van der Waals surface area (Å²) in [5.74, 6) is 1.64. The average molecular weight is 370 g/mol. The van der Waals surface area contributed by atoms with E-state index in [9.17, 15) is 10.2 Å². The number of phenols is 2. The molecule has 0 amide bonds. The molecule has 5 heteroatoms. The summed E-state index contributed by atoms with van der Waals surface area (Å²) in [7, 11) is 3.06. The summed E-state index contributed by atoms with van der Waals surface area (Å²) >= 11 is 0. The molecule has 1 unspecified atom stereocenters. The number of fused-ring (bicyclic) bond motifs is 1. The highest BCUT2D eigenvalue weighted by molar-refractivity contribution is 5.63. The maximum absolute atomic E-state index is 10.8. The third-order valence-electron chi connectivity index (χ3n) is 5.25. The largest absolute Gasteiger partial charge is 0.508 e. The summed E-state index contributed by atoms with van der Waals surface area (Å²) in [5, 5.41) is 20.5. The Hall–Kier alpha value is -2.82. The van der Waals surface area contributed by atoms with Gasteiger partial charge in [0, 0.05) is 28.5 Å². The summed E-state index contributed by atoms with van der Waals surface area (Å²) in [6.07, 6.45) is 2.54. The van der Waals surface area contributed by atoms with E-state index in [1.165, 1.54) is 14.2 Å². The summed E-state index contributed by atoms with van der Waals surface area (Å²) in [4.78, 5) is 0. The van der Waals surface area contributed by atoms with Crippen molar-refractivity contribution in [1.29, 1.82) is 0 Å². The maximum Gasteiger partial charge on any atom is 0.201 e. The molecule has 0 saturated carbocycles. The topological polar surface area (TPSA) is 68.2 Å². The first-order chi connectivity index (χ1) is 12.8. The van der Waals surface area contributed by atoms with E-state index in [0.29, 0.717) is 30.3 Å². The van der Waals surface area contributed by atoms with Crippen molar-refractivity contribution in [2.24, 2.45) is 0 Å². The molecule has 2 N–H and O–H groups in total. The van der Waals surface area contributed by atoms with Gasteiger partial charge in [-0.3, -0.25) is 0 Å². The summed E-state index contributed by atoms with van der Waals surface area (Å²) in [6, 6.07) is 7.15. The van der Waals surface area contributed by atoms with Crippen molar-refractivity contribution in [3.05, 3.63) is 53.6 Å². The van der Waals surface area contributed by atoms with E-state index in [0.717, 1.165) is 16.7 Å². The van der Waals surface area contributed by atoms with Crippen molar-refractivity contribution in [3.8, 4) is 28.7 Å². The van der Waals surface area contributed by atoms with Crippen LogP contribution in [0.2, 0.25) is 0 Å². The first kappa shape index (κ1) is 19.0. The number of methoxy groups -OCH3 is 2. The summed E-state index contributed by atoms with van der Waals surface area (Å²) in [5.41, 5.74) is 2.30. The molecule has 1 aliphatic heterocycles. The monoisotopic (exact) mass is 370 g/mol. The Morgan fingerprint density at radius 3 is 2.48 bits per heavy atom. The minimum absolute atomic E-state index is 0.00633. The van der Waals surface area contributed by atoms with Crippen LogP contribution in [0.1, 0.15) is 36.5 Å². The minimum atomic E-state index is -0.400. The number of ether oxygens (including phenoxy) is 3. The molecule has 1 heterocycles. The van der Waals surface area contributed by atoms with Crippen LogP contribution >= 0.6 is 0 Å². The zero-order valence-electron chi connectivity index (χ0n) is 16.2. The van der Waals surface area contributed by atoms with Gasteiger partial charge in [0.05, 0.1) is 20.8 Å². The van der Waals surface area contributed by atoms with Crippen LogP contribution < -0.4 is 14.2 Å². The van der Waals surface area contributed by atoms with Crippen molar-refractivity contribution in [2.75, 3.05) is 20.8 Å². The third kappa shape index (κ3) is 3.29. The third-order valence-corrected chi connectivity index (χ3v) is 5.25. The first-order valence-electron chi connectivity index (χ1n) is 8.89. The molecular formula is C22H26O5. The number of phenolic OH excluding ortho intramolecular Hbond substituents is 2. The van der Waals surface area contributed by atoms with Crippen LogP contribution in [0, 0.1) is 0 Å². The number of aromatic hydroxyl groups is 2. The van der Waals surface area contributed by atoms with E-state index in [4.69, 9.17) is 14.2 Å². The van der Waals surface area contributed by atoms with Crippen molar-refractivity contribution in [3.63, 3.8) is 0 Å². The number of hydrogen-bond acceptors (Lipinski definition) is 5. The van der Waals surface area contributed by atoms with Gasteiger partial charge >= 0.3 is 0 Å². The van der Waals surface area contributed by atoms with Crippen molar-refractivity contribution in [1.82, 2.24) is 0 Å². The average Bonchev–Trinajstić information content (AvgIpc) is 2.66. The lowest BCUT2D eigenvalue weighted by Crippen LogP contribution is -2.22.